The maximum atomic E-state index is 13.3. The Morgan fingerprint density at radius 3 is 2.73 bits per heavy atom. The number of amides is 1. The Balaban J connectivity index is 1.90. The van der Waals surface area contributed by atoms with E-state index in [2.05, 4.69) is 28.0 Å². The fourth-order valence-corrected chi connectivity index (χ4v) is 4.05. The number of ether oxygens (including phenoxy) is 1. The van der Waals surface area contributed by atoms with E-state index in [4.69, 9.17) is 4.74 Å². The van der Waals surface area contributed by atoms with Crippen molar-refractivity contribution in [1.29, 1.82) is 0 Å². The monoisotopic (exact) mass is 406 g/mol. The predicted octanol–water partition coefficient (Wildman–Crippen LogP) is 3.58. The molecule has 1 aromatic carbocycles. The van der Waals surface area contributed by atoms with Gasteiger partial charge in [0.15, 0.2) is 0 Å². The van der Waals surface area contributed by atoms with Crippen molar-refractivity contribution >= 4 is 16.8 Å². The van der Waals surface area contributed by atoms with Crippen molar-refractivity contribution in [1.82, 2.24) is 19.8 Å². The van der Waals surface area contributed by atoms with Crippen molar-refractivity contribution in [2.24, 2.45) is 5.92 Å². The largest absolute Gasteiger partial charge is 0.497 e. The molecule has 0 aliphatic carbocycles. The topological polar surface area (TPSA) is 59.4 Å². The third-order valence-corrected chi connectivity index (χ3v) is 6.14. The van der Waals surface area contributed by atoms with Crippen LogP contribution in [0.5, 0.6) is 5.75 Å². The number of aromatic nitrogens is 2. The summed E-state index contributed by atoms with van der Waals surface area (Å²) in [6, 6.07) is 5.81. The fourth-order valence-electron chi connectivity index (χ4n) is 4.05. The number of nitrogens with zero attached hydrogens (tertiary/aromatic N) is 3. The SMILES string of the molecule is COc1ccc(-n2cc(CC3CNC3)c3c(C)cncc32)c(C(=O)N(C)C(C)C)c1. The first-order valence-electron chi connectivity index (χ1n) is 10.5. The van der Waals surface area contributed by atoms with E-state index in [9.17, 15) is 4.79 Å². The second-order valence-electron chi connectivity index (χ2n) is 8.50. The van der Waals surface area contributed by atoms with Gasteiger partial charge < -0.3 is 19.5 Å². The van der Waals surface area contributed by atoms with Gasteiger partial charge in [-0.05, 0) is 75.5 Å². The van der Waals surface area contributed by atoms with Gasteiger partial charge in [0.25, 0.3) is 5.91 Å². The van der Waals surface area contributed by atoms with Crippen LogP contribution in [0.2, 0.25) is 0 Å². The van der Waals surface area contributed by atoms with E-state index in [1.165, 1.54) is 10.9 Å². The molecule has 3 aromatic rings. The molecule has 0 bridgehead atoms. The number of carbonyl (C=O) groups is 1. The Bertz CT molecular complexity index is 1080. The van der Waals surface area contributed by atoms with Crippen molar-refractivity contribution < 1.29 is 9.53 Å². The Morgan fingerprint density at radius 1 is 1.33 bits per heavy atom. The van der Waals surface area contributed by atoms with Crippen molar-refractivity contribution in [2.75, 3.05) is 27.2 Å². The van der Waals surface area contributed by atoms with Gasteiger partial charge in [0.1, 0.15) is 5.75 Å². The lowest BCUT2D eigenvalue weighted by molar-refractivity contribution is 0.0754. The van der Waals surface area contributed by atoms with Crippen LogP contribution < -0.4 is 10.1 Å². The van der Waals surface area contributed by atoms with Crippen molar-refractivity contribution in [3.8, 4) is 11.4 Å². The molecule has 2 aromatic heterocycles. The number of hydrogen-bond acceptors (Lipinski definition) is 4. The lowest BCUT2D eigenvalue weighted by Gasteiger charge is -2.26. The molecule has 0 unspecified atom stereocenters. The molecule has 1 amide bonds. The minimum absolute atomic E-state index is 0.0221. The summed E-state index contributed by atoms with van der Waals surface area (Å²) in [5.74, 6) is 1.30. The molecule has 158 valence electrons. The van der Waals surface area contributed by atoms with E-state index < -0.39 is 0 Å². The number of pyridine rings is 1. The van der Waals surface area contributed by atoms with Crippen molar-refractivity contribution in [2.45, 2.75) is 33.2 Å². The highest BCUT2D eigenvalue weighted by atomic mass is 16.5. The second kappa shape index (κ2) is 8.11. The normalized spacial score (nSPS) is 14.2. The smallest absolute Gasteiger partial charge is 0.256 e. The molecule has 3 heterocycles. The Hall–Kier alpha value is -2.86. The van der Waals surface area contributed by atoms with Crippen LogP contribution >= 0.6 is 0 Å². The van der Waals surface area contributed by atoms with Gasteiger partial charge in [0.2, 0.25) is 0 Å². The number of methoxy groups -OCH3 is 1. The van der Waals surface area contributed by atoms with Crippen molar-refractivity contribution in [3.05, 3.63) is 53.5 Å². The number of benzene rings is 1. The van der Waals surface area contributed by atoms with Crippen LogP contribution in [0.4, 0.5) is 0 Å². The zero-order chi connectivity index (χ0) is 21.4. The average Bonchev–Trinajstić information content (AvgIpc) is 3.08. The fraction of sp³-hybridized carbons (Fsp3) is 0.417. The molecular formula is C24H30N4O2. The average molecular weight is 407 g/mol. The van der Waals surface area contributed by atoms with Gasteiger partial charge in [-0.25, -0.2) is 0 Å². The van der Waals surface area contributed by atoms with Crippen LogP contribution in [0.3, 0.4) is 0 Å². The molecule has 1 aliphatic heterocycles. The molecule has 30 heavy (non-hydrogen) atoms. The maximum absolute atomic E-state index is 13.3. The Morgan fingerprint density at radius 2 is 2.10 bits per heavy atom. The molecule has 0 radical (unpaired) electrons. The Kier molecular flexibility index (Phi) is 5.52. The van der Waals surface area contributed by atoms with Crippen LogP contribution in [-0.2, 0) is 6.42 Å². The zero-order valence-electron chi connectivity index (χ0n) is 18.4. The van der Waals surface area contributed by atoms with Gasteiger partial charge in [-0.1, -0.05) is 0 Å². The zero-order valence-corrected chi connectivity index (χ0v) is 18.4. The number of aryl methyl sites for hydroxylation is 1. The van der Waals surface area contributed by atoms with Gasteiger partial charge in [-0.2, -0.15) is 0 Å². The predicted molar refractivity (Wildman–Crippen MR) is 120 cm³/mol. The number of nitrogens with one attached hydrogen (secondary N) is 1. The first kappa shape index (κ1) is 20.4. The quantitative estimate of drug-likeness (QED) is 0.680. The van der Waals surface area contributed by atoms with E-state index in [0.717, 1.165) is 36.3 Å². The summed E-state index contributed by atoms with van der Waals surface area (Å²) in [6.07, 6.45) is 7.02. The molecule has 4 rings (SSSR count). The van der Waals surface area contributed by atoms with Crippen molar-refractivity contribution in [3.63, 3.8) is 0 Å². The highest BCUT2D eigenvalue weighted by Crippen LogP contribution is 2.32. The molecular weight excluding hydrogens is 376 g/mol. The van der Waals surface area contributed by atoms with Crippen LogP contribution in [0.25, 0.3) is 16.6 Å². The first-order valence-corrected chi connectivity index (χ1v) is 10.5. The molecule has 1 aliphatic rings. The molecule has 0 atom stereocenters. The van der Waals surface area contributed by atoms with Crippen LogP contribution in [0, 0.1) is 12.8 Å². The van der Waals surface area contributed by atoms with Gasteiger partial charge in [-0.15, -0.1) is 0 Å². The van der Waals surface area contributed by atoms with Crippen LogP contribution in [-0.4, -0.2) is 53.6 Å². The minimum atomic E-state index is -0.0221. The number of hydrogen-bond donors (Lipinski definition) is 1. The van der Waals surface area contributed by atoms with E-state index in [-0.39, 0.29) is 11.9 Å². The summed E-state index contributed by atoms with van der Waals surface area (Å²) in [4.78, 5) is 19.5. The first-order chi connectivity index (χ1) is 14.4. The standard InChI is InChI=1S/C24H30N4O2/c1-15(2)27(4)24(29)20-9-19(30-5)6-7-21(20)28-14-18(8-17-11-26-12-17)23-16(3)10-25-13-22(23)28/h6-7,9-10,13-15,17,26H,8,11-12H2,1-5H3. The summed E-state index contributed by atoms with van der Waals surface area (Å²) in [6.45, 7) is 8.25. The number of carbonyl (C=O) groups excluding carboxylic acids is 1. The van der Waals surface area contributed by atoms with Crippen LogP contribution in [0.15, 0.2) is 36.8 Å². The van der Waals surface area contributed by atoms with E-state index >= 15 is 0 Å². The van der Waals surface area contributed by atoms with E-state index in [1.807, 2.05) is 51.5 Å². The van der Waals surface area contributed by atoms with Gasteiger partial charge in [0.05, 0.1) is 30.1 Å². The lowest BCUT2D eigenvalue weighted by Crippen LogP contribution is -2.43. The summed E-state index contributed by atoms with van der Waals surface area (Å²) >= 11 is 0. The molecule has 1 fully saturated rings. The highest BCUT2D eigenvalue weighted by Gasteiger charge is 2.24. The summed E-state index contributed by atoms with van der Waals surface area (Å²) in [7, 11) is 3.46. The number of fused-ring (bicyclic) bond motifs is 1. The molecule has 6 nitrogen and oxygen atoms in total. The van der Waals surface area contributed by atoms with Gasteiger partial charge in [-0.3, -0.25) is 9.78 Å². The molecule has 0 saturated carbocycles. The molecule has 6 heteroatoms. The Labute approximate surface area is 177 Å². The number of rotatable bonds is 6. The van der Waals surface area contributed by atoms with Gasteiger partial charge in [0, 0.05) is 30.9 Å². The highest BCUT2D eigenvalue weighted by molar-refractivity contribution is 5.99. The summed E-state index contributed by atoms with van der Waals surface area (Å²) in [5.41, 5.74) is 4.98. The minimum Gasteiger partial charge on any atom is -0.497 e. The second-order valence-corrected chi connectivity index (χ2v) is 8.50. The molecule has 0 spiro atoms. The third kappa shape index (κ3) is 3.56. The van der Waals surface area contributed by atoms with E-state index in [0.29, 0.717) is 17.2 Å². The van der Waals surface area contributed by atoms with Gasteiger partial charge >= 0.3 is 0 Å². The van der Waals surface area contributed by atoms with E-state index in [1.54, 1.807) is 12.0 Å². The third-order valence-electron chi connectivity index (χ3n) is 6.14. The lowest BCUT2D eigenvalue weighted by atomic mass is 9.93. The maximum Gasteiger partial charge on any atom is 0.256 e. The van der Waals surface area contributed by atoms with Crippen LogP contribution in [0.1, 0.15) is 35.3 Å². The molecule has 1 saturated heterocycles. The summed E-state index contributed by atoms with van der Waals surface area (Å²) in [5, 5.41) is 4.60. The molecule has 1 N–H and O–H groups in total. The summed E-state index contributed by atoms with van der Waals surface area (Å²) < 4.78 is 7.55.